The van der Waals surface area contributed by atoms with Crippen LogP contribution in [0.25, 0.3) is 0 Å². The molecule has 2 aliphatic carbocycles. The van der Waals surface area contributed by atoms with Crippen LogP contribution in [0.1, 0.15) is 96.3 Å². The summed E-state index contributed by atoms with van der Waals surface area (Å²) in [4.78, 5) is 17.8. The second-order valence-corrected chi connectivity index (χ2v) is 9.40. The molecule has 1 fully saturated rings. The molecule has 2 aliphatic rings. The van der Waals surface area contributed by atoms with Crippen LogP contribution in [0.15, 0.2) is 30.5 Å². The Morgan fingerprint density at radius 1 is 1.17 bits per heavy atom. The summed E-state index contributed by atoms with van der Waals surface area (Å²) in [5.41, 5.74) is 1.74. The zero-order valence-corrected chi connectivity index (χ0v) is 17.2. The average molecular weight is 417 g/mol. The number of halogens is 3. The molecule has 160 valence electrons. The number of aliphatic hydroxyl groups excluding tert-OH is 1. The molecule has 1 heterocycles. The first-order valence-electron chi connectivity index (χ1n) is 10.5. The molecule has 0 radical (unpaired) electrons. The minimum atomic E-state index is -4.51. The third kappa shape index (κ3) is 3.89. The van der Waals surface area contributed by atoms with E-state index in [9.17, 15) is 23.1 Å². The van der Waals surface area contributed by atoms with Crippen molar-refractivity contribution >= 4 is 5.78 Å². The number of benzene rings is 1. The lowest BCUT2D eigenvalue weighted by molar-refractivity contribution is -0.137. The van der Waals surface area contributed by atoms with Crippen molar-refractivity contribution in [1.82, 2.24) is 4.98 Å². The normalized spacial score (nSPS) is 21.5. The van der Waals surface area contributed by atoms with E-state index in [1.807, 2.05) is 0 Å². The number of fused-ring (bicyclic) bond motifs is 1. The molecule has 0 spiro atoms. The number of carbonyl (C=O) groups excluding carboxylic acids is 1. The molecule has 1 aromatic heterocycles. The molecule has 2 aromatic rings. The van der Waals surface area contributed by atoms with E-state index in [0.29, 0.717) is 18.4 Å². The molecule has 1 atom stereocenters. The van der Waals surface area contributed by atoms with Crippen LogP contribution < -0.4 is 0 Å². The molecule has 0 bridgehead atoms. The third-order valence-electron chi connectivity index (χ3n) is 6.43. The van der Waals surface area contributed by atoms with Crippen LogP contribution in [0.5, 0.6) is 0 Å². The summed E-state index contributed by atoms with van der Waals surface area (Å²) in [7, 11) is 0. The van der Waals surface area contributed by atoms with E-state index in [1.54, 1.807) is 0 Å². The van der Waals surface area contributed by atoms with E-state index in [0.717, 1.165) is 54.6 Å². The Labute approximate surface area is 174 Å². The van der Waals surface area contributed by atoms with Crippen molar-refractivity contribution in [3.8, 4) is 0 Å². The van der Waals surface area contributed by atoms with E-state index in [4.69, 9.17) is 0 Å². The van der Waals surface area contributed by atoms with Crippen molar-refractivity contribution in [3.63, 3.8) is 0 Å². The first kappa shape index (κ1) is 21.0. The monoisotopic (exact) mass is 417 g/mol. The first-order chi connectivity index (χ1) is 14.1. The van der Waals surface area contributed by atoms with Gasteiger partial charge in [0.15, 0.2) is 5.78 Å². The molecule has 0 amide bonds. The summed E-state index contributed by atoms with van der Waals surface area (Å²) >= 11 is 0. The van der Waals surface area contributed by atoms with Gasteiger partial charge in [-0.2, -0.15) is 13.2 Å². The van der Waals surface area contributed by atoms with Crippen LogP contribution in [-0.4, -0.2) is 15.9 Å². The van der Waals surface area contributed by atoms with Gasteiger partial charge in [0, 0.05) is 28.6 Å². The summed E-state index contributed by atoms with van der Waals surface area (Å²) in [6.07, 6.45) is 1.47. The van der Waals surface area contributed by atoms with Crippen LogP contribution >= 0.6 is 0 Å². The maximum Gasteiger partial charge on any atom is 0.416 e. The Morgan fingerprint density at radius 3 is 2.53 bits per heavy atom. The van der Waals surface area contributed by atoms with Gasteiger partial charge < -0.3 is 5.11 Å². The van der Waals surface area contributed by atoms with Crippen molar-refractivity contribution in [2.24, 2.45) is 5.41 Å². The van der Waals surface area contributed by atoms with Crippen LogP contribution in [0.2, 0.25) is 0 Å². The van der Waals surface area contributed by atoms with Crippen LogP contribution in [-0.2, 0) is 12.6 Å². The molecule has 1 saturated carbocycles. The number of aliphatic hydroxyl groups is 1. The Balaban J connectivity index is 1.84. The Bertz CT molecular complexity index is 975. The number of ketones is 1. The van der Waals surface area contributed by atoms with E-state index in [2.05, 4.69) is 18.8 Å². The predicted molar refractivity (Wildman–Crippen MR) is 107 cm³/mol. The summed E-state index contributed by atoms with van der Waals surface area (Å²) in [5.74, 6) is -0.335. The van der Waals surface area contributed by atoms with E-state index >= 15 is 0 Å². The van der Waals surface area contributed by atoms with Crippen LogP contribution in [0, 0.1) is 5.41 Å². The number of rotatable bonds is 3. The lowest BCUT2D eigenvalue weighted by atomic mass is 9.71. The second kappa shape index (κ2) is 7.49. The largest absolute Gasteiger partial charge is 0.416 e. The van der Waals surface area contributed by atoms with Gasteiger partial charge in [0.25, 0.3) is 0 Å². The number of pyridine rings is 1. The van der Waals surface area contributed by atoms with Crippen molar-refractivity contribution in [2.75, 3.05) is 0 Å². The molecule has 3 nitrogen and oxygen atoms in total. The van der Waals surface area contributed by atoms with E-state index in [-0.39, 0.29) is 16.9 Å². The fourth-order valence-corrected chi connectivity index (χ4v) is 5.07. The molecule has 1 N–H and O–H groups in total. The zero-order chi connectivity index (χ0) is 21.7. The minimum Gasteiger partial charge on any atom is -0.388 e. The topological polar surface area (TPSA) is 50.2 Å². The average Bonchev–Trinajstić information content (AvgIpc) is 3.19. The molecule has 4 rings (SSSR count). The number of nitrogens with zero attached hydrogens (tertiary/aromatic N) is 1. The molecular weight excluding hydrogens is 391 g/mol. The standard InChI is InChI=1S/C24H26F3NO2/c1-23(2)11-18-21(19(29)12-23)20(14-6-3-4-7-14)17(13-28-18)22(30)15-8-5-9-16(10-15)24(25,26)27/h5,8-10,13-14,19,29H,3-4,6-7,11-12H2,1-2H3/t19-/m0/s1. The summed E-state index contributed by atoms with van der Waals surface area (Å²) in [6, 6.07) is 4.54. The summed E-state index contributed by atoms with van der Waals surface area (Å²) < 4.78 is 39.5. The van der Waals surface area contributed by atoms with Crippen LogP contribution in [0.3, 0.4) is 0 Å². The molecule has 30 heavy (non-hydrogen) atoms. The van der Waals surface area contributed by atoms with E-state index < -0.39 is 23.6 Å². The quantitative estimate of drug-likeness (QED) is 0.624. The Hall–Kier alpha value is -2.21. The van der Waals surface area contributed by atoms with Crippen molar-refractivity contribution in [2.45, 2.75) is 70.6 Å². The molecule has 6 heteroatoms. The Kier molecular flexibility index (Phi) is 5.25. The molecule has 0 unspecified atom stereocenters. The second-order valence-electron chi connectivity index (χ2n) is 9.40. The maximum absolute atomic E-state index is 13.3. The highest BCUT2D eigenvalue weighted by Gasteiger charge is 2.38. The highest BCUT2D eigenvalue weighted by molar-refractivity contribution is 6.10. The van der Waals surface area contributed by atoms with Gasteiger partial charge in [-0.1, -0.05) is 38.8 Å². The lowest BCUT2D eigenvalue weighted by Crippen LogP contribution is -2.29. The summed E-state index contributed by atoms with van der Waals surface area (Å²) in [6.45, 7) is 4.16. The highest BCUT2D eigenvalue weighted by Crippen LogP contribution is 2.47. The van der Waals surface area contributed by atoms with Gasteiger partial charge in [0.1, 0.15) is 0 Å². The van der Waals surface area contributed by atoms with Crippen LogP contribution in [0.4, 0.5) is 13.2 Å². The third-order valence-corrected chi connectivity index (χ3v) is 6.43. The molecule has 0 saturated heterocycles. The number of carbonyl (C=O) groups is 1. The van der Waals surface area contributed by atoms with Gasteiger partial charge in [-0.3, -0.25) is 9.78 Å². The van der Waals surface area contributed by atoms with Gasteiger partial charge in [0.2, 0.25) is 0 Å². The lowest BCUT2D eigenvalue weighted by Gasteiger charge is -2.36. The van der Waals surface area contributed by atoms with Gasteiger partial charge >= 0.3 is 6.18 Å². The first-order valence-corrected chi connectivity index (χ1v) is 10.5. The SMILES string of the molecule is CC1(C)Cc2ncc(C(=O)c3cccc(C(F)(F)F)c3)c(C3CCCC3)c2[C@@H](O)C1. The predicted octanol–water partition coefficient (Wildman–Crippen LogP) is 5.99. The fourth-order valence-electron chi connectivity index (χ4n) is 5.07. The van der Waals surface area contributed by atoms with Gasteiger partial charge in [-0.25, -0.2) is 0 Å². The van der Waals surface area contributed by atoms with Crippen molar-refractivity contribution in [3.05, 3.63) is 64.0 Å². The van der Waals surface area contributed by atoms with Gasteiger partial charge in [0.05, 0.1) is 11.7 Å². The summed E-state index contributed by atoms with van der Waals surface area (Å²) in [5, 5.41) is 11.0. The van der Waals surface area contributed by atoms with Gasteiger partial charge in [-0.05, 0) is 54.7 Å². The fraction of sp³-hybridized carbons (Fsp3) is 0.500. The van der Waals surface area contributed by atoms with E-state index in [1.165, 1.54) is 18.3 Å². The highest BCUT2D eigenvalue weighted by atomic mass is 19.4. The Morgan fingerprint density at radius 2 is 1.87 bits per heavy atom. The minimum absolute atomic E-state index is 0.00329. The van der Waals surface area contributed by atoms with Crippen molar-refractivity contribution < 1.29 is 23.1 Å². The number of hydrogen-bond acceptors (Lipinski definition) is 3. The smallest absolute Gasteiger partial charge is 0.388 e. The van der Waals surface area contributed by atoms with Crippen molar-refractivity contribution in [1.29, 1.82) is 0 Å². The number of aromatic nitrogens is 1. The van der Waals surface area contributed by atoms with Gasteiger partial charge in [-0.15, -0.1) is 0 Å². The molecule has 0 aliphatic heterocycles. The maximum atomic E-state index is 13.3. The number of hydrogen-bond donors (Lipinski definition) is 1. The zero-order valence-electron chi connectivity index (χ0n) is 17.2. The molecule has 1 aromatic carbocycles. The molecular formula is C24H26F3NO2. The number of alkyl halides is 3.